The van der Waals surface area contributed by atoms with Crippen LogP contribution in [0.2, 0.25) is 0 Å². The fourth-order valence-corrected chi connectivity index (χ4v) is 1.93. The second-order valence-electron chi connectivity index (χ2n) is 4.48. The maximum Gasteiger partial charge on any atom is 0.337 e. The van der Waals surface area contributed by atoms with Gasteiger partial charge in [-0.25, -0.2) is 9.78 Å². The van der Waals surface area contributed by atoms with Crippen molar-refractivity contribution in [3.05, 3.63) is 29.1 Å². The number of carboxylic acid groups (broad SMARTS) is 1. The molecular weight excluding hydrogens is 244 g/mol. The summed E-state index contributed by atoms with van der Waals surface area (Å²) in [6.07, 6.45) is 0.867. The van der Waals surface area contributed by atoms with E-state index in [1.807, 2.05) is 20.8 Å². The average Bonchev–Trinajstić information content (AvgIpc) is 2.38. The van der Waals surface area contributed by atoms with Gasteiger partial charge in [-0.3, -0.25) is 4.79 Å². The Labute approximate surface area is 113 Å². The molecule has 1 heterocycles. The summed E-state index contributed by atoms with van der Waals surface area (Å²) in [5, 5.41) is 8.94. The molecule has 5 heteroatoms. The zero-order chi connectivity index (χ0) is 14.6. The number of carbonyl (C=O) groups excluding carboxylic acids is 1. The van der Waals surface area contributed by atoms with Gasteiger partial charge in [0.2, 0.25) is 0 Å². The van der Waals surface area contributed by atoms with Crippen molar-refractivity contribution in [2.45, 2.75) is 40.2 Å². The van der Waals surface area contributed by atoms with Crippen LogP contribution in [0.1, 0.15) is 53.7 Å². The first-order valence-corrected chi connectivity index (χ1v) is 6.44. The zero-order valence-electron chi connectivity index (χ0n) is 11.8. The van der Waals surface area contributed by atoms with Crippen molar-refractivity contribution in [3.8, 4) is 0 Å². The minimum atomic E-state index is -1.03. The van der Waals surface area contributed by atoms with Gasteiger partial charge in [-0.05, 0) is 39.3 Å². The molecule has 1 amide bonds. The Morgan fingerprint density at radius 1 is 1.37 bits per heavy atom. The van der Waals surface area contributed by atoms with Crippen LogP contribution in [0.5, 0.6) is 0 Å². The van der Waals surface area contributed by atoms with E-state index in [0.717, 1.165) is 6.42 Å². The first-order chi connectivity index (χ1) is 8.92. The van der Waals surface area contributed by atoms with E-state index in [9.17, 15) is 9.59 Å². The molecule has 0 saturated carbocycles. The summed E-state index contributed by atoms with van der Waals surface area (Å²) in [5.41, 5.74) is 0.784. The van der Waals surface area contributed by atoms with Crippen LogP contribution < -0.4 is 0 Å². The number of carboxylic acids is 1. The first kappa shape index (κ1) is 15.1. The molecule has 1 unspecified atom stereocenters. The Morgan fingerprint density at radius 2 is 2.00 bits per heavy atom. The number of carbonyl (C=O) groups is 2. The predicted octanol–water partition coefficient (Wildman–Crippen LogP) is 2.35. The van der Waals surface area contributed by atoms with Gasteiger partial charge >= 0.3 is 5.97 Å². The Balaban J connectivity index is 3.06. The lowest BCUT2D eigenvalue weighted by molar-refractivity contribution is 0.0678. The fourth-order valence-electron chi connectivity index (χ4n) is 1.93. The van der Waals surface area contributed by atoms with Gasteiger partial charge in [0.25, 0.3) is 5.91 Å². The lowest BCUT2D eigenvalue weighted by atomic mass is 10.1. The molecule has 0 bridgehead atoms. The van der Waals surface area contributed by atoms with E-state index in [4.69, 9.17) is 5.11 Å². The van der Waals surface area contributed by atoms with E-state index in [-0.39, 0.29) is 17.5 Å². The molecule has 0 spiro atoms. The van der Waals surface area contributed by atoms with Gasteiger partial charge < -0.3 is 10.0 Å². The standard InChI is InChI=1S/C14H20N2O3/c1-5-9(3)16(6-2)13(17)12-8-7-11(14(18)19)10(4)15-12/h7-9H,5-6H2,1-4H3,(H,18,19). The highest BCUT2D eigenvalue weighted by molar-refractivity contribution is 5.94. The second-order valence-corrected chi connectivity index (χ2v) is 4.48. The van der Waals surface area contributed by atoms with Gasteiger partial charge in [0.05, 0.1) is 11.3 Å². The van der Waals surface area contributed by atoms with E-state index in [2.05, 4.69) is 4.98 Å². The van der Waals surface area contributed by atoms with Crippen LogP contribution in [0.15, 0.2) is 12.1 Å². The Morgan fingerprint density at radius 3 is 2.42 bits per heavy atom. The zero-order valence-corrected chi connectivity index (χ0v) is 11.8. The molecule has 1 rings (SSSR count). The van der Waals surface area contributed by atoms with Crippen LogP contribution in [0, 0.1) is 6.92 Å². The van der Waals surface area contributed by atoms with Crippen LogP contribution in [0.4, 0.5) is 0 Å². The predicted molar refractivity (Wildman–Crippen MR) is 72.4 cm³/mol. The summed E-state index contributed by atoms with van der Waals surface area (Å²) in [7, 11) is 0. The Hall–Kier alpha value is -1.91. The molecule has 0 aliphatic heterocycles. The summed E-state index contributed by atoms with van der Waals surface area (Å²) >= 11 is 0. The molecule has 0 aliphatic rings. The van der Waals surface area contributed by atoms with Crippen molar-refractivity contribution < 1.29 is 14.7 Å². The van der Waals surface area contributed by atoms with Gasteiger partial charge in [0.1, 0.15) is 5.69 Å². The Bertz CT molecular complexity index is 486. The van der Waals surface area contributed by atoms with Crippen LogP contribution in [-0.4, -0.2) is 39.5 Å². The third-order valence-electron chi connectivity index (χ3n) is 3.26. The molecule has 5 nitrogen and oxygen atoms in total. The SMILES string of the molecule is CCC(C)N(CC)C(=O)c1ccc(C(=O)O)c(C)n1. The van der Waals surface area contributed by atoms with Crippen molar-refractivity contribution in [3.63, 3.8) is 0 Å². The molecule has 0 saturated heterocycles. The van der Waals surface area contributed by atoms with E-state index < -0.39 is 5.97 Å². The minimum absolute atomic E-state index is 0.128. The van der Waals surface area contributed by atoms with Crippen molar-refractivity contribution >= 4 is 11.9 Å². The number of aromatic carboxylic acids is 1. The fraction of sp³-hybridized carbons (Fsp3) is 0.500. The maximum atomic E-state index is 12.3. The molecular formula is C14H20N2O3. The number of amides is 1. The molecule has 1 aromatic rings. The van der Waals surface area contributed by atoms with Crippen molar-refractivity contribution in [1.82, 2.24) is 9.88 Å². The summed E-state index contributed by atoms with van der Waals surface area (Å²) < 4.78 is 0. The third-order valence-corrected chi connectivity index (χ3v) is 3.26. The summed E-state index contributed by atoms with van der Waals surface area (Å²) in [5.74, 6) is -1.19. The lowest BCUT2D eigenvalue weighted by Gasteiger charge is -2.27. The van der Waals surface area contributed by atoms with Gasteiger partial charge in [-0.2, -0.15) is 0 Å². The quantitative estimate of drug-likeness (QED) is 0.886. The van der Waals surface area contributed by atoms with Gasteiger partial charge in [-0.15, -0.1) is 0 Å². The molecule has 104 valence electrons. The highest BCUT2D eigenvalue weighted by atomic mass is 16.4. The van der Waals surface area contributed by atoms with Gasteiger partial charge in [0, 0.05) is 12.6 Å². The number of aryl methyl sites for hydroxylation is 1. The van der Waals surface area contributed by atoms with E-state index in [1.54, 1.807) is 11.8 Å². The summed E-state index contributed by atoms with van der Waals surface area (Å²) in [6.45, 7) is 8.13. The number of hydrogen-bond donors (Lipinski definition) is 1. The average molecular weight is 264 g/mol. The summed E-state index contributed by atoms with van der Waals surface area (Å²) in [6, 6.07) is 3.05. The smallest absolute Gasteiger partial charge is 0.337 e. The van der Waals surface area contributed by atoms with Crippen LogP contribution in [0.25, 0.3) is 0 Å². The van der Waals surface area contributed by atoms with Gasteiger partial charge in [0.15, 0.2) is 0 Å². The van der Waals surface area contributed by atoms with Crippen molar-refractivity contribution in [2.24, 2.45) is 0 Å². The van der Waals surface area contributed by atoms with E-state index >= 15 is 0 Å². The molecule has 1 aromatic heterocycles. The van der Waals surface area contributed by atoms with Crippen molar-refractivity contribution in [1.29, 1.82) is 0 Å². The molecule has 0 fully saturated rings. The number of nitrogens with zero attached hydrogens (tertiary/aromatic N) is 2. The van der Waals surface area contributed by atoms with Crippen LogP contribution in [-0.2, 0) is 0 Å². The number of rotatable bonds is 5. The third kappa shape index (κ3) is 3.30. The van der Waals surface area contributed by atoms with Crippen LogP contribution >= 0.6 is 0 Å². The first-order valence-electron chi connectivity index (χ1n) is 6.44. The number of aromatic nitrogens is 1. The molecule has 19 heavy (non-hydrogen) atoms. The number of hydrogen-bond acceptors (Lipinski definition) is 3. The van der Waals surface area contributed by atoms with Crippen LogP contribution in [0.3, 0.4) is 0 Å². The topological polar surface area (TPSA) is 70.5 Å². The van der Waals surface area contributed by atoms with E-state index in [0.29, 0.717) is 17.9 Å². The lowest BCUT2D eigenvalue weighted by Crippen LogP contribution is -2.38. The molecule has 1 N–H and O–H groups in total. The minimum Gasteiger partial charge on any atom is -0.478 e. The van der Waals surface area contributed by atoms with Gasteiger partial charge in [-0.1, -0.05) is 6.92 Å². The Kier molecular flexibility index (Phi) is 5.03. The molecule has 1 atom stereocenters. The largest absolute Gasteiger partial charge is 0.478 e. The molecule has 0 aliphatic carbocycles. The normalized spacial score (nSPS) is 12.0. The highest BCUT2D eigenvalue weighted by Gasteiger charge is 2.21. The summed E-state index contributed by atoms with van der Waals surface area (Å²) in [4.78, 5) is 29.1. The molecule has 0 aromatic carbocycles. The monoisotopic (exact) mass is 264 g/mol. The molecule has 0 radical (unpaired) electrons. The highest BCUT2D eigenvalue weighted by Crippen LogP contribution is 2.12. The van der Waals surface area contributed by atoms with Crippen molar-refractivity contribution in [2.75, 3.05) is 6.54 Å². The second kappa shape index (κ2) is 6.31. The maximum absolute atomic E-state index is 12.3. The van der Waals surface area contributed by atoms with E-state index in [1.165, 1.54) is 12.1 Å². The number of pyridine rings is 1.